The summed E-state index contributed by atoms with van der Waals surface area (Å²) in [5, 5.41) is 11.5. The standard InChI is InChI=1S/C25H27N5O3/c1-15(30-11-9-26-10-12-30)22-20(32-14-16-4-5-16)7-6-18-23(31)21(33-24(18)22)13-19-17-3-2-8-27-25(17)29-28-19/h2-3,6-8,13,15-16,26H,4-5,9-12,14H2,1H3,(H,27,28,29). The molecule has 4 heterocycles. The van der Waals surface area contributed by atoms with E-state index in [2.05, 4.69) is 32.3 Å². The van der Waals surface area contributed by atoms with Gasteiger partial charge in [0.2, 0.25) is 5.78 Å². The van der Waals surface area contributed by atoms with Crippen LogP contribution in [0, 0.1) is 5.92 Å². The van der Waals surface area contributed by atoms with Gasteiger partial charge in [-0.3, -0.25) is 14.8 Å². The highest BCUT2D eigenvalue weighted by Crippen LogP contribution is 2.45. The number of nitrogens with zero attached hydrogens (tertiary/aromatic N) is 3. The molecule has 2 aromatic heterocycles. The molecule has 2 N–H and O–H groups in total. The Labute approximate surface area is 192 Å². The first-order valence-electron chi connectivity index (χ1n) is 11.7. The topological polar surface area (TPSA) is 92.4 Å². The van der Waals surface area contributed by atoms with Crippen molar-refractivity contribution in [3.63, 3.8) is 0 Å². The number of pyridine rings is 1. The number of H-pyrrole nitrogens is 1. The number of piperazine rings is 1. The van der Waals surface area contributed by atoms with Crippen molar-refractivity contribution < 1.29 is 14.3 Å². The van der Waals surface area contributed by atoms with Crippen molar-refractivity contribution in [2.75, 3.05) is 32.8 Å². The van der Waals surface area contributed by atoms with Crippen LogP contribution >= 0.6 is 0 Å². The summed E-state index contributed by atoms with van der Waals surface area (Å²) >= 11 is 0. The summed E-state index contributed by atoms with van der Waals surface area (Å²) in [6.07, 6.45) is 5.86. The van der Waals surface area contributed by atoms with Gasteiger partial charge in [0, 0.05) is 49.9 Å². The maximum Gasteiger partial charge on any atom is 0.232 e. The summed E-state index contributed by atoms with van der Waals surface area (Å²) < 4.78 is 12.5. The van der Waals surface area contributed by atoms with Crippen LogP contribution < -0.4 is 14.8 Å². The summed E-state index contributed by atoms with van der Waals surface area (Å²) in [7, 11) is 0. The average Bonchev–Trinajstić information content (AvgIpc) is 3.52. The molecule has 33 heavy (non-hydrogen) atoms. The number of aromatic nitrogens is 3. The summed E-state index contributed by atoms with van der Waals surface area (Å²) in [5.41, 5.74) is 2.85. The fourth-order valence-electron chi connectivity index (χ4n) is 4.63. The van der Waals surface area contributed by atoms with E-state index in [1.54, 1.807) is 12.3 Å². The number of hydrogen-bond donors (Lipinski definition) is 2. The number of carbonyl (C=O) groups is 1. The zero-order valence-electron chi connectivity index (χ0n) is 18.6. The van der Waals surface area contributed by atoms with Crippen LogP contribution in [0.4, 0.5) is 0 Å². The number of aromatic amines is 1. The van der Waals surface area contributed by atoms with Gasteiger partial charge in [0.25, 0.3) is 0 Å². The van der Waals surface area contributed by atoms with Crippen LogP contribution in [0.2, 0.25) is 0 Å². The van der Waals surface area contributed by atoms with E-state index < -0.39 is 0 Å². The van der Waals surface area contributed by atoms with E-state index in [1.165, 1.54) is 12.8 Å². The third kappa shape index (κ3) is 3.79. The highest BCUT2D eigenvalue weighted by Gasteiger charge is 2.35. The van der Waals surface area contributed by atoms with Gasteiger partial charge in [-0.05, 0) is 49.9 Å². The molecule has 0 bridgehead atoms. The number of ketones is 1. The lowest BCUT2D eigenvalue weighted by atomic mass is 9.99. The van der Waals surface area contributed by atoms with Crippen molar-refractivity contribution in [3.8, 4) is 11.5 Å². The predicted octanol–water partition coefficient (Wildman–Crippen LogP) is 3.33. The number of benzene rings is 1. The van der Waals surface area contributed by atoms with Gasteiger partial charge in [0.1, 0.15) is 11.5 Å². The van der Waals surface area contributed by atoms with E-state index >= 15 is 0 Å². The molecule has 1 saturated heterocycles. The van der Waals surface area contributed by atoms with Crippen LogP contribution in [-0.2, 0) is 0 Å². The predicted molar refractivity (Wildman–Crippen MR) is 124 cm³/mol. The summed E-state index contributed by atoms with van der Waals surface area (Å²) in [4.78, 5) is 20.0. The van der Waals surface area contributed by atoms with Crippen LogP contribution in [0.3, 0.4) is 0 Å². The number of rotatable bonds is 6. The van der Waals surface area contributed by atoms with Gasteiger partial charge < -0.3 is 14.8 Å². The normalized spacial score (nSPS) is 20.8. The zero-order valence-corrected chi connectivity index (χ0v) is 18.6. The van der Waals surface area contributed by atoms with E-state index in [0.29, 0.717) is 35.2 Å². The summed E-state index contributed by atoms with van der Waals surface area (Å²) in [6, 6.07) is 7.61. The Hall–Kier alpha value is -3.23. The fourth-order valence-corrected chi connectivity index (χ4v) is 4.63. The van der Waals surface area contributed by atoms with Crippen LogP contribution in [0.25, 0.3) is 17.1 Å². The lowest BCUT2D eigenvalue weighted by Gasteiger charge is -2.34. The number of ether oxygens (including phenoxy) is 2. The molecule has 3 aromatic rings. The van der Waals surface area contributed by atoms with E-state index in [9.17, 15) is 4.79 Å². The average molecular weight is 446 g/mol. The fraction of sp³-hybridized carbons (Fsp3) is 0.400. The third-order valence-corrected chi connectivity index (χ3v) is 6.76. The molecule has 1 unspecified atom stereocenters. The molecular weight excluding hydrogens is 418 g/mol. The quantitative estimate of drug-likeness (QED) is 0.562. The minimum atomic E-state index is -0.132. The van der Waals surface area contributed by atoms with Gasteiger partial charge in [0.15, 0.2) is 11.4 Å². The second-order valence-corrected chi connectivity index (χ2v) is 9.02. The lowest BCUT2D eigenvalue weighted by molar-refractivity contribution is 0.101. The molecule has 2 aliphatic heterocycles. The van der Waals surface area contributed by atoms with Gasteiger partial charge in [-0.2, -0.15) is 5.10 Å². The molecule has 8 heteroatoms. The number of allylic oxidation sites excluding steroid dienone is 1. The Morgan fingerprint density at radius 2 is 2.12 bits per heavy atom. The monoisotopic (exact) mass is 445 g/mol. The van der Waals surface area contributed by atoms with Crippen molar-refractivity contribution >= 4 is 22.9 Å². The summed E-state index contributed by atoms with van der Waals surface area (Å²) in [6.45, 7) is 6.66. The molecular formula is C25H27N5O3. The minimum absolute atomic E-state index is 0.0683. The Kier molecular flexibility index (Phi) is 5.11. The van der Waals surface area contributed by atoms with Gasteiger partial charge in [-0.25, -0.2) is 4.98 Å². The number of hydrogen-bond acceptors (Lipinski definition) is 7. The van der Waals surface area contributed by atoms with E-state index in [1.807, 2.05) is 24.3 Å². The van der Waals surface area contributed by atoms with Crippen LogP contribution in [0.5, 0.6) is 11.5 Å². The van der Waals surface area contributed by atoms with Crippen molar-refractivity contribution in [1.82, 2.24) is 25.4 Å². The molecule has 3 aliphatic rings. The largest absolute Gasteiger partial charge is 0.493 e. The lowest BCUT2D eigenvalue weighted by Crippen LogP contribution is -2.44. The van der Waals surface area contributed by atoms with E-state index in [-0.39, 0.29) is 17.6 Å². The van der Waals surface area contributed by atoms with Gasteiger partial charge in [-0.15, -0.1) is 0 Å². The molecule has 170 valence electrons. The van der Waals surface area contributed by atoms with Gasteiger partial charge >= 0.3 is 0 Å². The van der Waals surface area contributed by atoms with Crippen molar-refractivity contribution in [2.24, 2.45) is 5.92 Å². The number of nitrogens with one attached hydrogen (secondary N) is 2. The molecule has 1 atom stereocenters. The number of carbonyl (C=O) groups excluding carboxylic acids is 1. The second-order valence-electron chi connectivity index (χ2n) is 9.02. The van der Waals surface area contributed by atoms with E-state index in [4.69, 9.17) is 9.47 Å². The van der Waals surface area contributed by atoms with Gasteiger partial charge in [-0.1, -0.05) is 0 Å². The molecule has 0 radical (unpaired) electrons. The molecule has 0 spiro atoms. The number of fused-ring (bicyclic) bond motifs is 2. The zero-order chi connectivity index (χ0) is 22.4. The minimum Gasteiger partial charge on any atom is -0.493 e. The number of Topliss-reactive ketones (excluding diaryl/α,β-unsaturated/α-hetero) is 1. The smallest absolute Gasteiger partial charge is 0.232 e. The molecule has 2 fully saturated rings. The van der Waals surface area contributed by atoms with Crippen LogP contribution in [0.1, 0.15) is 47.4 Å². The van der Waals surface area contributed by atoms with Crippen LogP contribution in [0.15, 0.2) is 36.2 Å². The first-order chi connectivity index (χ1) is 16.2. The molecule has 6 rings (SSSR count). The maximum atomic E-state index is 13.3. The SMILES string of the molecule is CC(c1c(OCC2CC2)ccc2c1OC(=Cc1n[nH]c3ncccc13)C2=O)N1CCNCC1. The highest BCUT2D eigenvalue weighted by molar-refractivity contribution is 6.15. The molecule has 8 nitrogen and oxygen atoms in total. The Bertz CT molecular complexity index is 1240. The highest BCUT2D eigenvalue weighted by atomic mass is 16.5. The Morgan fingerprint density at radius 3 is 2.94 bits per heavy atom. The summed E-state index contributed by atoms with van der Waals surface area (Å²) in [5.74, 6) is 2.21. The Balaban J connectivity index is 1.38. The second kappa shape index (κ2) is 8.28. The van der Waals surface area contributed by atoms with E-state index in [0.717, 1.165) is 42.9 Å². The molecule has 1 aliphatic carbocycles. The van der Waals surface area contributed by atoms with Crippen molar-refractivity contribution in [3.05, 3.63) is 53.0 Å². The molecule has 1 aromatic carbocycles. The van der Waals surface area contributed by atoms with Gasteiger partial charge in [0.05, 0.1) is 23.4 Å². The maximum absolute atomic E-state index is 13.3. The molecule has 0 amide bonds. The third-order valence-electron chi connectivity index (χ3n) is 6.76. The van der Waals surface area contributed by atoms with Crippen LogP contribution in [-0.4, -0.2) is 58.7 Å². The first kappa shape index (κ1) is 20.4. The molecule has 1 saturated carbocycles. The first-order valence-corrected chi connectivity index (χ1v) is 11.7. The van der Waals surface area contributed by atoms with Crippen molar-refractivity contribution in [1.29, 1.82) is 0 Å². The van der Waals surface area contributed by atoms with Crippen molar-refractivity contribution in [2.45, 2.75) is 25.8 Å². The Morgan fingerprint density at radius 1 is 1.27 bits per heavy atom.